The summed E-state index contributed by atoms with van der Waals surface area (Å²) in [6.07, 6.45) is 6.94. The second-order valence-corrected chi connectivity index (χ2v) is 8.79. The highest BCUT2D eigenvalue weighted by molar-refractivity contribution is 5.98. The monoisotopic (exact) mass is 382 g/mol. The first kappa shape index (κ1) is 19.2. The van der Waals surface area contributed by atoms with Gasteiger partial charge in [0.1, 0.15) is 0 Å². The van der Waals surface area contributed by atoms with Crippen LogP contribution in [-0.2, 0) is 9.59 Å². The molecule has 2 heterocycles. The van der Waals surface area contributed by atoms with Crippen molar-refractivity contribution in [2.75, 3.05) is 26.2 Å². The number of carbonyl (C=O) groups is 3. The van der Waals surface area contributed by atoms with Crippen LogP contribution in [0.15, 0.2) is 30.3 Å². The molecule has 4 rings (SSSR count). The third-order valence-corrected chi connectivity index (χ3v) is 6.90. The Kier molecular flexibility index (Phi) is 5.51. The summed E-state index contributed by atoms with van der Waals surface area (Å²) in [7, 11) is 0. The lowest BCUT2D eigenvalue weighted by molar-refractivity contribution is -0.147. The molecule has 0 radical (unpaired) electrons. The van der Waals surface area contributed by atoms with Gasteiger partial charge in [-0.05, 0) is 38.0 Å². The first-order valence-corrected chi connectivity index (χ1v) is 10.7. The third-order valence-electron chi connectivity index (χ3n) is 6.90. The van der Waals surface area contributed by atoms with Crippen molar-refractivity contribution in [2.24, 2.45) is 11.3 Å². The zero-order valence-corrected chi connectivity index (χ0v) is 16.6. The number of piperidine rings is 1. The Balaban J connectivity index is 1.31. The Morgan fingerprint density at radius 3 is 2.50 bits per heavy atom. The lowest BCUT2D eigenvalue weighted by Gasteiger charge is -2.42. The molecule has 3 aliphatic rings. The highest BCUT2D eigenvalue weighted by Gasteiger charge is 2.49. The number of carbonyl (C=O) groups excluding carboxylic acids is 3. The summed E-state index contributed by atoms with van der Waals surface area (Å²) >= 11 is 0. The van der Waals surface area contributed by atoms with Crippen molar-refractivity contribution in [1.82, 2.24) is 9.80 Å². The smallest absolute Gasteiger partial charge is 0.230 e. The van der Waals surface area contributed by atoms with E-state index in [1.54, 1.807) is 12.1 Å². The van der Waals surface area contributed by atoms with Crippen LogP contribution in [0.1, 0.15) is 61.7 Å². The molecular weight excluding hydrogens is 352 g/mol. The van der Waals surface area contributed by atoms with Gasteiger partial charge in [-0.2, -0.15) is 0 Å². The van der Waals surface area contributed by atoms with Crippen LogP contribution < -0.4 is 0 Å². The standard InChI is InChI=1S/C23H30N2O3/c26-20(19-8-2-1-3-9-19)10-11-21(27)25-15-13-23(17-25)12-5-14-24(22(23)28)16-18-6-4-7-18/h1-3,8-9,18H,4-7,10-17H2/t23-/m0/s1. The summed E-state index contributed by atoms with van der Waals surface area (Å²) in [4.78, 5) is 42.0. The van der Waals surface area contributed by atoms with Crippen molar-refractivity contribution in [2.45, 2.75) is 51.4 Å². The van der Waals surface area contributed by atoms with Crippen LogP contribution in [0.25, 0.3) is 0 Å². The van der Waals surface area contributed by atoms with Gasteiger partial charge < -0.3 is 9.80 Å². The minimum absolute atomic E-state index is 0.00303. The van der Waals surface area contributed by atoms with E-state index in [9.17, 15) is 14.4 Å². The Labute approximate surface area is 167 Å². The molecule has 28 heavy (non-hydrogen) atoms. The molecule has 5 heteroatoms. The molecule has 0 bridgehead atoms. The fraction of sp³-hybridized carbons (Fsp3) is 0.609. The predicted molar refractivity (Wildman–Crippen MR) is 107 cm³/mol. The molecule has 0 unspecified atom stereocenters. The predicted octanol–water partition coefficient (Wildman–Crippen LogP) is 3.29. The minimum Gasteiger partial charge on any atom is -0.342 e. The molecular formula is C23H30N2O3. The van der Waals surface area contributed by atoms with E-state index in [2.05, 4.69) is 4.90 Å². The van der Waals surface area contributed by atoms with E-state index < -0.39 is 0 Å². The summed E-state index contributed by atoms with van der Waals surface area (Å²) in [5.41, 5.74) is 0.281. The number of hydrogen-bond acceptors (Lipinski definition) is 3. The van der Waals surface area contributed by atoms with Crippen LogP contribution in [0.5, 0.6) is 0 Å². The van der Waals surface area contributed by atoms with Gasteiger partial charge >= 0.3 is 0 Å². The SMILES string of the molecule is O=C(CCC(=O)N1CC[C@@]2(CCCN(CC3CCC3)C2=O)C1)c1ccccc1. The van der Waals surface area contributed by atoms with E-state index in [4.69, 9.17) is 0 Å². The molecule has 3 fully saturated rings. The molecule has 150 valence electrons. The van der Waals surface area contributed by atoms with Gasteiger partial charge in [0, 0.05) is 44.6 Å². The number of Topliss-reactive ketones (excluding diaryl/α,β-unsaturated/α-hetero) is 1. The Morgan fingerprint density at radius 2 is 1.79 bits per heavy atom. The summed E-state index contributed by atoms with van der Waals surface area (Å²) in [6, 6.07) is 9.12. The van der Waals surface area contributed by atoms with Gasteiger partial charge in [0.15, 0.2) is 5.78 Å². The van der Waals surface area contributed by atoms with Crippen molar-refractivity contribution in [3.63, 3.8) is 0 Å². The summed E-state index contributed by atoms with van der Waals surface area (Å²) in [6.45, 7) is 2.95. The average Bonchev–Trinajstić information content (AvgIpc) is 3.11. The number of nitrogens with zero attached hydrogens (tertiary/aromatic N) is 2. The molecule has 1 aromatic rings. The molecule has 1 aliphatic carbocycles. The van der Waals surface area contributed by atoms with Crippen LogP contribution in [0.3, 0.4) is 0 Å². The molecule has 2 amide bonds. The maximum absolute atomic E-state index is 13.2. The van der Waals surface area contributed by atoms with Crippen molar-refractivity contribution in [1.29, 1.82) is 0 Å². The maximum Gasteiger partial charge on any atom is 0.230 e. The van der Waals surface area contributed by atoms with Gasteiger partial charge in [-0.1, -0.05) is 36.8 Å². The van der Waals surface area contributed by atoms with Crippen LogP contribution >= 0.6 is 0 Å². The Morgan fingerprint density at radius 1 is 1.00 bits per heavy atom. The van der Waals surface area contributed by atoms with Gasteiger partial charge in [-0.3, -0.25) is 14.4 Å². The minimum atomic E-state index is -0.374. The average molecular weight is 383 g/mol. The second kappa shape index (κ2) is 8.06. The van der Waals surface area contributed by atoms with Gasteiger partial charge in [0.05, 0.1) is 5.41 Å². The Hall–Kier alpha value is -2.17. The van der Waals surface area contributed by atoms with Gasteiger partial charge in [-0.15, -0.1) is 0 Å². The van der Waals surface area contributed by atoms with E-state index in [0.717, 1.165) is 32.4 Å². The van der Waals surface area contributed by atoms with Crippen LogP contribution in [-0.4, -0.2) is 53.6 Å². The lowest BCUT2D eigenvalue weighted by atomic mass is 9.77. The first-order valence-electron chi connectivity index (χ1n) is 10.7. The molecule has 1 saturated carbocycles. The van der Waals surface area contributed by atoms with Gasteiger partial charge in [-0.25, -0.2) is 0 Å². The highest BCUT2D eigenvalue weighted by Crippen LogP contribution is 2.41. The molecule has 2 aliphatic heterocycles. The summed E-state index contributed by atoms with van der Waals surface area (Å²) < 4.78 is 0. The molecule has 0 aromatic heterocycles. The quantitative estimate of drug-likeness (QED) is 0.710. The highest BCUT2D eigenvalue weighted by atomic mass is 16.2. The zero-order valence-electron chi connectivity index (χ0n) is 16.6. The second-order valence-electron chi connectivity index (χ2n) is 8.79. The largest absolute Gasteiger partial charge is 0.342 e. The molecule has 0 N–H and O–H groups in total. The molecule has 5 nitrogen and oxygen atoms in total. The van der Waals surface area contributed by atoms with E-state index in [1.165, 1.54) is 19.3 Å². The lowest BCUT2D eigenvalue weighted by Crippen LogP contribution is -2.52. The maximum atomic E-state index is 13.2. The van der Waals surface area contributed by atoms with Crippen molar-refractivity contribution < 1.29 is 14.4 Å². The third kappa shape index (κ3) is 3.85. The molecule has 2 saturated heterocycles. The number of likely N-dealkylation sites (tertiary alicyclic amines) is 2. The van der Waals surface area contributed by atoms with E-state index >= 15 is 0 Å². The number of hydrogen-bond donors (Lipinski definition) is 0. The molecule has 1 spiro atoms. The fourth-order valence-corrected chi connectivity index (χ4v) is 4.92. The number of benzene rings is 1. The van der Waals surface area contributed by atoms with Gasteiger partial charge in [0.2, 0.25) is 11.8 Å². The summed E-state index contributed by atoms with van der Waals surface area (Å²) in [5, 5.41) is 0. The number of amides is 2. The molecule has 1 atom stereocenters. The normalized spacial score (nSPS) is 25.2. The number of rotatable bonds is 6. The van der Waals surface area contributed by atoms with Crippen molar-refractivity contribution >= 4 is 17.6 Å². The first-order chi connectivity index (χ1) is 13.6. The number of ketones is 1. The van der Waals surface area contributed by atoms with Crippen molar-refractivity contribution in [3.8, 4) is 0 Å². The van der Waals surface area contributed by atoms with E-state index in [-0.39, 0.29) is 35.9 Å². The summed E-state index contributed by atoms with van der Waals surface area (Å²) in [5.74, 6) is 0.955. The topological polar surface area (TPSA) is 57.7 Å². The molecule has 1 aromatic carbocycles. The van der Waals surface area contributed by atoms with E-state index in [1.807, 2.05) is 23.1 Å². The van der Waals surface area contributed by atoms with Crippen LogP contribution in [0, 0.1) is 11.3 Å². The Bertz CT molecular complexity index is 743. The van der Waals surface area contributed by atoms with Crippen molar-refractivity contribution in [3.05, 3.63) is 35.9 Å². The van der Waals surface area contributed by atoms with Crippen LogP contribution in [0.2, 0.25) is 0 Å². The van der Waals surface area contributed by atoms with Crippen LogP contribution in [0.4, 0.5) is 0 Å². The fourth-order valence-electron chi connectivity index (χ4n) is 4.92. The van der Waals surface area contributed by atoms with Gasteiger partial charge in [0.25, 0.3) is 0 Å². The zero-order chi connectivity index (χ0) is 19.6. The van der Waals surface area contributed by atoms with E-state index in [0.29, 0.717) is 24.6 Å².